The minimum absolute atomic E-state index is 0.639. The number of methoxy groups -OCH3 is 1. The van der Waals surface area contributed by atoms with Crippen LogP contribution in [0.5, 0.6) is 11.5 Å². The van der Waals surface area contributed by atoms with E-state index in [4.69, 9.17) is 9.47 Å². The van der Waals surface area contributed by atoms with Gasteiger partial charge in [0.25, 0.3) is 0 Å². The molecule has 1 aromatic carbocycles. The van der Waals surface area contributed by atoms with Crippen molar-refractivity contribution < 1.29 is 9.47 Å². The summed E-state index contributed by atoms with van der Waals surface area (Å²) in [6.45, 7) is 7.37. The van der Waals surface area contributed by atoms with Crippen molar-refractivity contribution in [2.24, 2.45) is 0 Å². The lowest BCUT2D eigenvalue weighted by atomic mass is 9.95. The minimum atomic E-state index is 0.639. The van der Waals surface area contributed by atoms with Gasteiger partial charge in [-0.05, 0) is 37.8 Å². The first-order valence-electron chi connectivity index (χ1n) is 8.45. The largest absolute Gasteiger partial charge is 0.493 e. The van der Waals surface area contributed by atoms with Crippen LogP contribution in [0.15, 0.2) is 24.8 Å². The van der Waals surface area contributed by atoms with Crippen molar-refractivity contribution in [1.82, 2.24) is 5.32 Å². The zero-order valence-electron chi connectivity index (χ0n) is 14.0. The summed E-state index contributed by atoms with van der Waals surface area (Å²) in [5, 5.41) is 3.69. The Morgan fingerprint density at radius 2 is 2.05 bits per heavy atom. The molecule has 22 heavy (non-hydrogen) atoms. The fourth-order valence-electron chi connectivity index (χ4n) is 3.16. The van der Waals surface area contributed by atoms with Crippen molar-refractivity contribution in [3.8, 4) is 11.5 Å². The van der Waals surface area contributed by atoms with E-state index in [9.17, 15) is 0 Å². The van der Waals surface area contributed by atoms with Gasteiger partial charge in [-0.3, -0.25) is 0 Å². The molecule has 1 saturated carbocycles. The number of ether oxygens (including phenoxy) is 2. The summed E-state index contributed by atoms with van der Waals surface area (Å²) in [6, 6.07) is 4.97. The van der Waals surface area contributed by atoms with Crippen LogP contribution in [0.2, 0.25) is 0 Å². The molecule has 0 saturated heterocycles. The average molecular weight is 303 g/mol. The van der Waals surface area contributed by atoms with Crippen LogP contribution < -0.4 is 14.8 Å². The highest BCUT2D eigenvalue weighted by Gasteiger charge is 2.15. The summed E-state index contributed by atoms with van der Waals surface area (Å²) in [4.78, 5) is 0. The third-order valence-corrected chi connectivity index (χ3v) is 4.26. The molecule has 0 aliphatic heterocycles. The van der Waals surface area contributed by atoms with Crippen LogP contribution in [0.1, 0.15) is 50.2 Å². The van der Waals surface area contributed by atoms with Crippen LogP contribution in [0, 0.1) is 0 Å². The molecular weight excluding hydrogens is 274 g/mol. The molecular formula is C19H29NO2. The second-order valence-corrected chi connectivity index (χ2v) is 5.93. The third kappa shape index (κ3) is 4.51. The Hall–Kier alpha value is -1.48. The van der Waals surface area contributed by atoms with Crippen LogP contribution in [0.25, 0.3) is 0 Å². The molecule has 0 aromatic heterocycles. The van der Waals surface area contributed by atoms with Gasteiger partial charge in [0.1, 0.15) is 0 Å². The normalized spacial score (nSPS) is 15.5. The smallest absolute Gasteiger partial charge is 0.164 e. The van der Waals surface area contributed by atoms with Crippen LogP contribution in [-0.4, -0.2) is 19.8 Å². The second kappa shape index (κ2) is 8.84. The Labute approximate surface area is 134 Å². The molecule has 1 aromatic rings. The van der Waals surface area contributed by atoms with E-state index in [0.717, 1.165) is 30.0 Å². The predicted molar refractivity (Wildman–Crippen MR) is 91.8 cm³/mol. The van der Waals surface area contributed by atoms with Crippen molar-refractivity contribution in [2.75, 3.05) is 13.7 Å². The van der Waals surface area contributed by atoms with Gasteiger partial charge in [0.15, 0.2) is 11.5 Å². The molecule has 1 aliphatic rings. The van der Waals surface area contributed by atoms with Gasteiger partial charge in [0.05, 0.1) is 13.7 Å². The van der Waals surface area contributed by atoms with Gasteiger partial charge in [-0.15, -0.1) is 6.58 Å². The first-order chi connectivity index (χ1) is 10.8. The molecule has 0 atom stereocenters. The van der Waals surface area contributed by atoms with Crippen LogP contribution in [0.3, 0.4) is 0 Å². The van der Waals surface area contributed by atoms with E-state index < -0.39 is 0 Å². The van der Waals surface area contributed by atoms with Crippen molar-refractivity contribution in [1.29, 1.82) is 0 Å². The van der Waals surface area contributed by atoms with E-state index in [-0.39, 0.29) is 0 Å². The summed E-state index contributed by atoms with van der Waals surface area (Å²) in [6.07, 6.45) is 9.40. The molecule has 0 bridgehead atoms. The number of benzene rings is 1. The maximum atomic E-state index is 5.77. The van der Waals surface area contributed by atoms with Crippen molar-refractivity contribution in [2.45, 2.75) is 58.0 Å². The van der Waals surface area contributed by atoms with Crippen LogP contribution in [-0.2, 0) is 13.0 Å². The first-order valence-corrected chi connectivity index (χ1v) is 8.45. The molecule has 3 heteroatoms. The van der Waals surface area contributed by atoms with E-state index in [1.807, 2.05) is 13.0 Å². The molecule has 1 aliphatic carbocycles. The Bertz CT molecular complexity index is 479. The van der Waals surface area contributed by atoms with Gasteiger partial charge in [-0.1, -0.05) is 31.4 Å². The van der Waals surface area contributed by atoms with Crippen molar-refractivity contribution >= 4 is 0 Å². The Morgan fingerprint density at radius 3 is 2.68 bits per heavy atom. The molecule has 2 rings (SSSR count). The van der Waals surface area contributed by atoms with Gasteiger partial charge in [0, 0.05) is 18.2 Å². The SMILES string of the molecule is C=CCc1cc(CNC2CCCCC2)cc(OC)c1OCC. The summed E-state index contributed by atoms with van der Waals surface area (Å²) in [7, 11) is 1.70. The number of rotatable bonds is 8. The standard InChI is InChI=1S/C19H29NO2/c1-4-9-16-12-15(13-18(21-3)19(16)22-5-2)14-20-17-10-7-6-8-11-17/h4,12-13,17,20H,1,5-11,14H2,2-3H3. The quantitative estimate of drug-likeness (QED) is 0.728. The van der Waals surface area contributed by atoms with Crippen molar-refractivity contribution in [3.05, 3.63) is 35.9 Å². The highest BCUT2D eigenvalue weighted by Crippen LogP contribution is 2.33. The number of allylic oxidation sites excluding steroid dienone is 1. The highest BCUT2D eigenvalue weighted by atomic mass is 16.5. The monoisotopic (exact) mass is 303 g/mol. The molecule has 122 valence electrons. The lowest BCUT2D eigenvalue weighted by Crippen LogP contribution is -2.30. The van der Waals surface area contributed by atoms with E-state index >= 15 is 0 Å². The Morgan fingerprint density at radius 1 is 1.27 bits per heavy atom. The summed E-state index contributed by atoms with van der Waals surface area (Å²) >= 11 is 0. The third-order valence-electron chi connectivity index (χ3n) is 4.26. The lowest BCUT2D eigenvalue weighted by Gasteiger charge is -2.23. The molecule has 0 radical (unpaired) electrons. The van der Waals surface area contributed by atoms with E-state index in [0.29, 0.717) is 12.6 Å². The predicted octanol–water partition coefficient (Wildman–Crippen LogP) is 4.24. The molecule has 0 spiro atoms. The highest BCUT2D eigenvalue weighted by molar-refractivity contribution is 5.50. The zero-order valence-corrected chi connectivity index (χ0v) is 14.0. The fraction of sp³-hybridized carbons (Fsp3) is 0.579. The molecule has 0 unspecified atom stereocenters. The number of hydrogen-bond acceptors (Lipinski definition) is 3. The maximum Gasteiger partial charge on any atom is 0.164 e. The fourth-order valence-corrected chi connectivity index (χ4v) is 3.16. The van der Waals surface area contributed by atoms with Crippen LogP contribution in [0.4, 0.5) is 0 Å². The molecule has 1 N–H and O–H groups in total. The van der Waals surface area contributed by atoms with E-state index in [2.05, 4.69) is 24.0 Å². The maximum absolute atomic E-state index is 5.77. The summed E-state index contributed by atoms with van der Waals surface area (Å²) in [5.41, 5.74) is 2.40. The zero-order chi connectivity index (χ0) is 15.8. The average Bonchev–Trinajstić information content (AvgIpc) is 2.56. The Kier molecular flexibility index (Phi) is 6.78. The van der Waals surface area contributed by atoms with Gasteiger partial charge in [-0.2, -0.15) is 0 Å². The number of hydrogen-bond donors (Lipinski definition) is 1. The first kappa shape index (κ1) is 16.9. The lowest BCUT2D eigenvalue weighted by molar-refractivity contribution is 0.307. The number of nitrogens with one attached hydrogen (secondary N) is 1. The van der Waals surface area contributed by atoms with E-state index in [1.54, 1.807) is 7.11 Å². The van der Waals surface area contributed by atoms with Gasteiger partial charge < -0.3 is 14.8 Å². The molecule has 0 heterocycles. The van der Waals surface area contributed by atoms with Crippen LogP contribution >= 0.6 is 0 Å². The molecule has 1 fully saturated rings. The van der Waals surface area contributed by atoms with Gasteiger partial charge in [-0.25, -0.2) is 0 Å². The van der Waals surface area contributed by atoms with Gasteiger partial charge in [0.2, 0.25) is 0 Å². The van der Waals surface area contributed by atoms with E-state index in [1.165, 1.54) is 37.7 Å². The minimum Gasteiger partial charge on any atom is -0.493 e. The molecule has 3 nitrogen and oxygen atoms in total. The Balaban J connectivity index is 2.12. The second-order valence-electron chi connectivity index (χ2n) is 5.93. The molecule has 0 amide bonds. The topological polar surface area (TPSA) is 30.5 Å². The summed E-state index contributed by atoms with van der Waals surface area (Å²) < 4.78 is 11.3. The van der Waals surface area contributed by atoms with Gasteiger partial charge >= 0.3 is 0 Å². The summed E-state index contributed by atoms with van der Waals surface area (Å²) in [5.74, 6) is 1.67. The van der Waals surface area contributed by atoms with Crippen molar-refractivity contribution in [3.63, 3.8) is 0 Å².